The molecule has 0 aliphatic carbocycles. The summed E-state index contributed by atoms with van der Waals surface area (Å²) >= 11 is 5.40. The van der Waals surface area contributed by atoms with Crippen LogP contribution in [0, 0.1) is 6.92 Å². The Labute approximate surface area is 87.6 Å². The summed E-state index contributed by atoms with van der Waals surface area (Å²) < 4.78 is 0. The summed E-state index contributed by atoms with van der Waals surface area (Å²) in [4.78, 5) is 0. The molecule has 14 heavy (non-hydrogen) atoms. The molecule has 0 aliphatic rings. The first-order valence-electron chi connectivity index (χ1n) is 4.27. The zero-order valence-corrected chi connectivity index (χ0v) is 8.57. The van der Waals surface area contributed by atoms with Gasteiger partial charge in [0.05, 0.1) is 12.0 Å². The maximum atomic E-state index is 9.59. The summed E-state index contributed by atoms with van der Waals surface area (Å²) in [5.41, 5.74) is 1.29. The van der Waals surface area contributed by atoms with Crippen LogP contribution in [-0.2, 0) is 0 Å². The molecule has 1 aromatic rings. The molecule has 0 heterocycles. The predicted octanol–water partition coefficient (Wildman–Crippen LogP) is 1.33. The summed E-state index contributed by atoms with van der Waals surface area (Å²) in [6.07, 6.45) is -2.07. The molecule has 0 radical (unpaired) electrons. The van der Waals surface area contributed by atoms with Gasteiger partial charge in [0, 0.05) is 0 Å². The third-order valence-electron chi connectivity index (χ3n) is 1.95. The first kappa shape index (κ1) is 11.3. The van der Waals surface area contributed by atoms with Gasteiger partial charge in [-0.15, -0.1) is 11.6 Å². The number of rotatable bonds is 3. The van der Waals surface area contributed by atoms with Crippen molar-refractivity contribution in [3.8, 4) is 5.75 Å². The van der Waals surface area contributed by atoms with Crippen molar-refractivity contribution in [1.82, 2.24) is 0 Å². The van der Waals surface area contributed by atoms with Crippen LogP contribution in [0.15, 0.2) is 18.2 Å². The highest BCUT2D eigenvalue weighted by atomic mass is 35.5. The van der Waals surface area contributed by atoms with Gasteiger partial charge in [-0.25, -0.2) is 0 Å². The zero-order valence-electron chi connectivity index (χ0n) is 7.81. The van der Waals surface area contributed by atoms with E-state index in [2.05, 4.69) is 0 Å². The minimum absolute atomic E-state index is 0.0458. The number of aliphatic hydroxyl groups is 2. The predicted molar refractivity (Wildman–Crippen MR) is 54.5 cm³/mol. The number of benzene rings is 1. The van der Waals surface area contributed by atoms with Gasteiger partial charge in [-0.2, -0.15) is 0 Å². The van der Waals surface area contributed by atoms with Gasteiger partial charge in [-0.05, 0) is 30.2 Å². The highest BCUT2D eigenvalue weighted by molar-refractivity contribution is 6.18. The smallest absolute Gasteiger partial charge is 0.116 e. The van der Waals surface area contributed by atoms with E-state index in [0.717, 1.165) is 5.56 Å². The van der Waals surface area contributed by atoms with Crippen molar-refractivity contribution in [3.63, 3.8) is 0 Å². The molecule has 0 spiro atoms. The SMILES string of the molecule is Cc1cc(O)cc(C(O)C(O)CCl)c1. The Morgan fingerprint density at radius 2 is 1.93 bits per heavy atom. The molecule has 4 heteroatoms. The second-order valence-electron chi connectivity index (χ2n) is 3.27. The Morgan fingerprint density at radius 3 is 2.43 bits per heavy atom. The summed E-state index contributed by atoms with van der Waals surface area (Å²) in [6.45, 7) is 1.79. The Morgan fingerprint density at radius 1 is 1.29 bits per heavy atom. The third kappa shape index (κ3) is 2.61. The van der Waals surface area contributed by atoms with Gasteiger partial charge in [-0.1, -0.05) is 6.07 Å². The lowest BCUT2D eigenvalue weighted by Gasteiger charge is -2.16. The lowest BCUT2D eigenvalue weighted by Crippen LogP contribution is -2.19. The minimum Gasteiger partial charge on any atom is -0.508 e. The van der Waals surface area contributed by atoms with Crippen LogP contribution in [0.4, 0.5) is 0 Å². The monoisotopic (exact) mass is 216 g/mol. The van der Waals surface area contributed by atoms with E-state index in [0.29, 0.717) is 5.56 Å². The number of hydrogen-bond donors (Lipinski definition) is 3. The van der Waals surface area contributed by atoms with E-state index in [1.54, 1.807) is 19.1 Å². The Hall–Kier alpha value is -0.770. The van der Waals surface area contributed by atoms with E-state index in [1.807, 2.05) is 0 Å². The molecular weight excluding hydrogens is 204 g/mol. The van der Waals surface area contributed by atoms with Gasteiger partial charge < -0.3 is 15.3 Å². The van der Waals surface area contributed by atoms with Gasteiger partial charge >= 0.3 is 0 Å². The van der Waals surface area contributed by atoms with E-state index in [9.17, 15) is 15.3 Å². The Balaban J connectivity index is 2.94. The molecule has 3 nitrogen and oxygen atoms in total. The van der Waals surface area contributed by atoms with Gasteiger partial charge in [0.1, 0.15) is 11.9 Å². The molecule has 0 saturated carbocycles. The van der Waals surface area contributed by atoms with E-state index in [4.69, 9.17) is 11.6 Å². The number of halogens is 1. The van der Waals surface area contributed by atoms with Crippen molar-refractivity contribution in [1.29, 1.82) is 0 Å². The number of aromatic hydroxyl groups is 1. The zero-order chi connectivity index (χ0) is 10.7. The van der Waals surface area contributed by atoms with Crippen LogP contribution in [0.25, 0.3) is 0 Å². The van der Waals surface area contributed by atoms with Crippen LogP contribution in [0.3, 0.4) is 0 Å². The third-order valence-corrected chi connectivity index (χ3v) is 2.26. The summed E-state index contributed by atoms with van der Waals surface area (Å²) in [6, 6.07) is 4.68. The fourth-order valence-electron chi connectivity index (χ4n) is 1.27. The number of phenolic OH excluding ortho intramolecular Hbond substituents is 1. The van der Waals surface area contributed by atoms with Crippen LogP contribution in [0.1, 0.15) is 17.2 Å². The standard InChI is InChI=1S/C10H13ClO3/c1-6-2-7(4-8(12)3-6)10(14)9(13)5-11/h2-4,9-10,12-14H,5H2,1H3. The second kappa shape index (κ2) is 4.64. The molecular formula is C10H13ClO3. The molecule has 0 saturated heterocycles. The van der Waals surface area contributed by atoms with Crippen molar-refractivity contribution in [2.24, 2.45) is 0 Å². The molecule has 1 aromatic carbocycles. The van der Waals surface area contributed by atoms with Crippen molar-refractivity contribution in [2.45, 2.75) is 19.1 Å². The van der Waals surface area contributed by atoms with Crippen molar-refractivity contribution < 1.29 is 15.3 Å². The minimum atomic E-state index is -1.06. The van der Waals surface area contributed by atoms with E-state index < -0.39 is 12.2 Å². The molecule has 1 rings (SSSR count). The molecule has 3 N–H and O–H groups in total. The number of alkyl halides is 1. The first-order chi connectivity index (χ1) is 6.54. The second-order valence-corrected chi connectivity index (χ2v) is 3.58. The van der Waals surface area contributed by atoms with Crippen LogP contribution < -0.4 is 0 Å². The first-order valence-corrected chi connectivity index (χ1v) is 4.80. The molecule has 0 aromatic heterocycles. The molecule has 0 amide bonds. The average molecular weight is 217 g/mol. The number of aliphatic hydroxyl groups excluding tert-OH is 2. The number of hydrogen-bond acceptors (Lipinski definition) is 3. The normalized spacial score (nSPS) is 15.1. The molecule has 0 aliphatic heterocycles. The highest BCUT2D eigenvalue weighted by Gasteiger charge is 2.17. The maximum absolute atomic E-state index is 9.59. The van der Waals surface area contributed by atoms with Gasteiger partial charge in [0.25, 0.3) is 0 Å². The summed E-state index contributed by atoms with van der Waals surface area (Å²) in [5, 5.41) is 28.2. The fraction of sp³-hybridized carbons (Fsp3) is 0.400. The number of aryl methyl sites for hydroxylation is 1. The number of phenols is 1. The van der Waals surface area contributed by atoms with Crippen molar-refractivity contribution in [2.75, 3.05) is 5.88 Å². The largest absolute Gasteiger partial charge is 0.508 e. The molecule has 2 unspecified atom stereocenters. The Bertz CT molecular complexity index is 294. The van der Waals surface area contributed by atoms with Crippen LogP contribution in [-0.4, -0.2) is 27.3 Å². The van der Waals surface area contributed by atoms with E-state index in [1.165, 1.54) is 6.07 Å². The van der Waals surface area contributed by atoms with Gasteiger partial charge in [0.2, 0.25) is 0 Å². The highest BCUT2D eigenvalue weighted by Crippen LogP contribution is 2.23. The summed E-state index contributed by atoms with van der Waals surface area (Å²) in [5.74, 6) is 0.0244. The van der Waals surface area contributed by atoms with Crippen LogP contribution >= 0.6 is 11.6 Å². The quantitative estimate of drug-likeness (QED) is 0.669. The van der Waals surface area contributed by atoms with E-state index in [-0.39, 0.29) is 11.6 Å². The molecule has 2 atom stereocenters. The van der Waals surface area contributed by atoms with Crippen molar-refractivity contribution in [3.05, 3.63) is 29.3 Å². The van der Waals surface area contributed by atoms with Gasteiger partial charge in [-0.3, -0.25) is 0 Å². The van der Waals surface area contributed by atoms with Gasteiger partial charge in [0.15, 0.2) is 0 Å². The maximum Gasteiger partial charge on any atom is 0.116 e. The van der Waals surface area contributed by atoms with E-state index >= 15 is 0 Å². The average Bonchev–Trinajstić information content (AvgIpc) is 2.14. The molecule has 0 bridgehead atoms. The Kier molecular flexibility index (Phi) is 3.75. The topological polar surface area (TPSA) is 60.7 Å². The lowest BCUT2D eigenvalue weighted by molar-refractivity contribution is 0.0326. The van der Waals surface area contributed by atoms with Crippen LogP contribution in [0.5, 0.6) is 5.75 Å². The fourth-order valence-corrected chi connectivity index (χ4v) is 1.44. The van der Waals surface area contributed by atoms with Crippen molar-refractivity contribution >= 4 is 11.6 Å². The molecule has 78 valence electrons. The summed E-state index contributed by atoms with van der Waals surface area (Å²) in [7, 11) is 0. The lowest BCUT2D eigenvalue weighted by atomic mass is 10.0. The van der Waals surface area contributed by atoms with Crippen LogP contribution in [0.2, 0.25) is 0 Å². The molecule has 0 fully saturated rings.